The Kier molecular flexibility index (Phi) is 4.96. The lowest BCUT2D eigenvalue weighted by atomic mass is 9.77. The van der Waals surface area contributed by atoms with E-state index in [1.54, 1.807) is 24.3 Å². The molecular formula is C16H22N2O3. The highest BCUT2D eigenvalue weighted by atomic mass is 16.4. The van der Waals surface area contributed by atoms with Crippen molar-refractivity contribution in [2.24, 2.45) is 5.41 Å². The van der Waals surface area contributed by atoms with Gasteiger partial charge in [-0.15, -0.1) is 0 Å². The molecule has 0 aromatic heterocycles. The van der Waals surface area contributed by atoms with Crippen LogP contribution in [-0.2, 0) is 9.59 Å². The number of hydrogen-bond donors (Lipinski definition) is 3. The fourth-order valence-corrected chi connectivity index (χ4v) is 2.84. The minimum absolute atomic E-state index is 0.173. The van der Waals surface area contributed by atoms with Crippen molar-refractivity contribution in [2.75, 3.05) is 13.1 Å². The first kappa shape index (κ1) is 15.5. The standard InChI is InChI=1S/C16H22N2O3/c1-2-16(9-6-10-17-11-16)15(21)18-13(14(19)20)12-7-4-3-5-8-12/h3-5,7-8,13,17H,2,6,9-11H2,1H3,(H,18,21)(H,19,20). The molecule has 1 aliphatic rings. The van der Waals surface area contributed by atoms with E-state index < -0.39 is 17.4 Å². The van der Waals surface area contributed by atoms with Crippen molar-refractivity contribution in [2.45, 2.75) is 32.2 Å². The molecule has 1 aromatic carbocycles. The number of nitrogens with one attached hydrogen (secondary N) is 2. The zero-order chi connectivity index (χ0) is 15.3. The normalized spacial score (nSPS) is 23.3. The number of hydrogen-bond acceptors (Lipinski definition) is 3. The molecule has 0 saturated carbocycles. The van der Waals surface area contributed by atoms with Gasteiger partial charge in [0.05, 0.1) is 5.41 Å². The van der Waals surface area contributed by atoms with Gasteiger partial charge in [0.25, 0.3) is 0 Å². The Morgan fingerprint density at radius 3 is 2.62 bits per heavy atom. The number of carbonyl (C=O) groups excluding carboxylic acids is 1. The number of carboxylic acid groups (broad SMARTS) is 1. The summed E-state index contributed by atoms with van der Waals surface area (Å²) in [7, 11) is 0. The molecule has 0 radical (unpaired) electrons. The highest BCUT2D eigenvalue weighted by Crippen LogP contribution is 2.31. The molecule has 5 heteroatoms. The second kappa shape index (κ2) is 6.72. The molecule has 0 aliphatic carbocycles. The zero-order valence-corrected chi connectivity index (χ0v) is 12.3. The summed E-state index contributed by atoms with van der Waals surface area (Å²) < 4.78 is 0. The summed E-state index contributed by atoms with van der Waals surface area (Å²) in [5.41, 5.74) is 0.0918. The van der Waals surface area contributed by atoms with Crippen LogP contribution in [0.1, 0.15) is 37.8 Å². The van der Waals surface area contributed by atoms with Crippen LogP contribution in [0.4, 0.5) is 0 Å². The maximum atomic E-state index is 12.6. The van der Waals surface area contributed by atoms with Crippen LogP contribution in [0.25, 0.3) is 0 Å². The van der Waals surface area contributed by atoms with E-state index in [9.17, 15) is 14.7 Å². The van der Waals surface area contributed by atoms with Crippen LogP contribution in [0.15, 0.2) is 30.3 Å². The van der Waals surface area contributed by atoms with Gasteiger partial charge in [-0.1, -0.05) is 37.3 Å². The molecule has 0 spiro atoms. The summed E-state index contributed by atoms with van der Waals surface area (Å²) in [5.74, 6) is -1.21. The van der Waals surface area contributed by atoms with E-state index in [1.165, 1.54) is 0 Å². The van der Waals surface area contributed by atoms with E-state index in [-0.39, 0.29) is 5.91 Å². The third kappa shape index (κ3) is 3.42. The number of aliphatic carboxylic acids is 1. The van der Waals surface area contributed by atoms with E-state index in [1.807, 2.05) is 13.0 Å². The van der Waals surface area contributed by atoms with Gasteiger partial charge in [-0.3, -0.25) is 4.79 Å². The molecule has 2 atom stereocenters. The lowest BCUT2D eigenvalue weighted by Crippen LogP contribution is -2.51. The molecule has 1 fully saturated rings. The van der Waals surface area contributed by atoms with E-state index in [4.69, 9.17) is 0 Å². The molecule has 0 bridgehead atoms. The van der Waals surface area contributed by atoms with Crippen LogP contribution in [0.3, 0.4) is 0 Å². The largest absolute Gasteiger partial charge is 0.479 e. The topological polar surface area (TPSA) is 78.4 Å². The molecule has 1 aromatic rings. The predicted octanol–water partition coefficient (Wildman–Crippen LogP) is 1.71. The minimum Gasteiger partial charge on any atom is -0.479 e. The molecule has 3 N–H and O–H groups in total. The maximum Gasteiger partial charge on any atom is 0.330 e. The van der Waals surface area contributed by atoms with Crippen LogP contribution in [0.5, 0.6) is 0 Å². The zero-order valence-electron chi connectivity index (χ0n) is 12.3. The molecule has 1 saturated heterocycles. The number of benzene rings is 1. The van der Waals surface area contributed by atoms with Crippen LogP contribution in [0.2, 0.25) is 0 Å². The Hall–Kier alpha value is -1.88. The van der Waals surface area contributed by atoms with Crippen molar-refractivity contribution >= 4 is 11.9 Å². The summed E-state index contributed by atoms with van der Waals surface area (Å²) in [5, 5.41) is 15.4. The monoisotopic (exact) mass is 290 g/mol. The summed E-state index contributed by atoms with van der Waals surface area (Å²) in [6.07, 6.45) is 2.43. The average molecular weight is 290 g/mol. The van der Waals surface area contributed by atoms with Crippen molar-refractivity contribution in [3.63, 3.8) is 0 Å². The van der Waals surface area contributed by atoms with E-state index in [0.29, 0.717) is 18.5 Å². The summed E-state index contributed by atoms with van der Waals surface area (Å²) in [6, 6.07) is 7.81. The summed E-state index contributed by atoms with van der Waals surface area (Å²) in [4.78, 5) is 24.1. The van der Waals surface area contributed by atoms with Gasteiger partial charge in [-0.05, 0) is 31.4 Å². The predicted molar refractivity (Wildman–Crippen MR) is 79.8 cm³/mol. The molecule has 114 valence electrons. The minimum atomic E-state index is -1.04. The van der Waals surface area contributed by atoms with Gasteiger partial charge in [0, 0.05) is 6.54 Å². The van der Waals surface area contributed by atoms with Crippen molar-refractivity contribution in [3.8, 4) is 0 Å². The van der Waals surface area contributed by atoms with Gasteiger partial charge in [0.15, 0.2) is 6.04 Å². The maximum absolute atomic E-state index is 12.6. The Morgan fingerprint density at radius 2 is 2.10 bits per heavy atom. The van der Waals surface area contributed by atoms with Crippen LogP contribution < -0.4 is 10.6 Å². The molecule has 1 aliphatic heterocycles. The second-order valence-corrected chi connectivity index (χ2v) is 5.57. The van der Waals surface area contributed by atoms with Gasteiger partial charge in [-0.25, -0.2) is 4.79 Å². The van der Waals surface area contributed by atoms with Gasteiger partial charge >= 0.3 is 5.97 Å². The smallest absolute Gasteiger partial charge is 0.330 e. The molecule has 1 amide bonds. The Balaban J connectivity index is 2.16. The molecule has 2 unspecified atom stereocenters. The van der Waals surface area contributed by atoms with Gasteiger partial charge in [0.1, 0.15) is 0 Å². The number of carbonyl (C=O) groups is 2. The fraction of sp³-hybridized carbons (Fsp3) is 0.500. The second-order valence-electron chi connectivity index (χ2n) is 5.57. The van der Waals surface area contributed by atoms with Crippen molar-refractivity contribution < 1.29 is 14.7 Å². The Morgan fingerprint density at radius 1 is 1.38 bits per heavy atom. The molecule has 2 rings (SSSR count). The van der Waals surface area contributed by atoms with Crippen LogP contribution in [0, 0.1) is 5.41 Å². The van der Waals surface area contributed by atoms with Crippen molar-refractivity contribution in [3.05, 3.63) is 35.9 Å². The van der Waals surface area contributed by atoms with Gasteiger partial charge < -0.3 is 15.7 Å². The third-order valence-corrected chi connectivity index (χ3v) is 4.29. The molecule has 21 heavy (non-hydrogen) atoms. The first-order valence-corrected chi connectivity index (χ1v) is 7.38. The molecular weight excluding hydrogens is 268 g/mol. The van der Waals surface area contributed by atoms with Crippen molar-refractivity contribution in [1.82, 2.24) is 10.6 Å². The number of carboxylic acids is 1. The first-order chi connectivity index (χ1) is 10.1. The third-order valence-electron chi connectivity index (χ3n) is 4.29. The van der Waals surface area contributed by atoms with E-state index >= 15 is 0 Å². The Labute approximate surface area is 124 Å². The van der Waals surface area contributed by atoms with Crippen molar-refractivity contribution in [1.29, 1.82) is 0 Å². The van der Waals surface area contributed by atoms with Gasteiger partial charge in [0.2, 0.25) is 5.91 Å². The number of amides is 1. The molecule has 1 heterocycles. The summed E-state index contributed by atoms with van der Waals surface area (Å²) >= 11 is 0. The Bertz CT molecular complexity index is 496. The number of rotatable bonds is 5. The van der Waals surface area contributed by atoms with Crippen LogP contribution >= 0.6 is 0 Å². The lowest BCUT2D eigenvalue weighted by molar-refractivity contribution is -0.144. The molecule has 5 nitrogen and oxygen atoms in total. The highest BCUT2D eigenvalue weighted by Gasteiger charge is 2.39. The lowest BCUT2D eigenvalue weighted by Gasteiger charge is -2.36. The SMILES string of the molecule is CCC1(C(=O)NC(C(=O)O)c2ccccc2)CCCNC1. The quantitative estimate of drug-likeness (QED) is 0.771. The fourth-order valence-electron chi connectivity index (χ4n) is 2.84. The van der Waals surface area contributed by atoms with E-state index in [0.717, 1.165) is 19.4 Å². The van der Waals surface area contributed by atoms with Crippen LogP contribution in [-0.4, -0.2) is 30.1 Å². The average Bonchev–Trinajstić information content (AvgIpc) is 2.53. The van der Waals surface area contributed by atoms with E-state index in [2.05, 4.69) is 10.6 Å². The highest BCUT2D eigenvalue weighted by molar-refractivity contribution is 5.88. The summed E-state index contributed by atoms with van der Waals surface area (Å²) in [6.45, 7) is 3.50. The van der Waals surface area contributed by atoms with Gasteiger partial charge in [-0.2, -0.15) is 0 Å². The first-order valence-electron chi connectivity index (χ1n) is 7.38. The number of piperidine rings is 1.